The molecule has 0 radical (unpaired) electrons. The van der Waals surface area contributed by atoms with Crippen LogP contribution in [0.4, 0.5) is 9.18 Å². The predicted molar refractivity (Wildman–Crippen MR) is 83.5 cm³/mol. The van der Waals surface area contributed by atoms with Gasteiger partial charge in [0.15, 0.2) is 0 Å². The first-order chi connectivity index (χ1) is 11.0. The van der Waals surface area contributed by atoms with E-state index in [0.29, 0.717) is 11.4 Å². The molecule has 2 N–H and O–H groups in total. The number of nitrogens with zero attached hydrogens (tertiary/aromatic N) is 3. The summed E-state index contributed by atoms with van der Waals surface area (Å²) in [5.74, 6) is 0.940. The average molecular weight is 338 g/mol. The number of hydrogen-bond acceptors (Lipinski definition) is 3. The molecule has 0 spiro atoms. The van der Waals surface area contributed by atoms with Crippen LogP contribution in [0.25, 0.3) is 0 Å². The first kappa shape index (κ1) is 15.7. The molecule has 23 heavy (non-hydrogen) atoms. The van der Waals surface area contributed by atoms with E-state index in [2.05, 4.69) is 20.7 Å². The van der Waals surface area contributed by atoms with Crippen LogP contribution in [0.1, 0.15) is 36.1 Å². The van der Waals surface area contributed by atoms with Gasteiger partial charge < -0.3 is 10.6 Å². The van der Waals surface area contributed by atoms with Crippen LogP contribution in [0.5, 0.6) is 0 Å². The summed E-state index contributed by atoms with van der Waals surface area (Å²) in [6.07, 6.45) is 1.72. The molecule has 6 nitrogen and oxygen atoms in total. The molecule has 122 valence electrons. The summed E-state index contributed by atoms with van der Waals surface area (Å²) >= 11 is 5.72. The molecule has 1 aliphatic heterocycles. The largest absolute Gasteiger partial charge is 0.334 e. The van der Waals surface area contributed by atoms with Crippen LogP contribution in [0, 0.1) is 12.7 Å². The maximum Gasteiger partial charge on any atom is 0.315 e. The lowest BCUT2D eigenvalue weighted by Crippen LogP contribution is -2.40. The van der Waals surface area contributed by atoms with E-state index in [0.717, 1.165) is 25.2 Å². The first-order valence-corrected chi connectivity index (χ1v) is 7.81. The Morgan fingerprint density at radius 2 is 2.35 bits per heavy atom. The number of nitrogens with one attached hydrogen (secondary N) is 2. The number of aryl methyl sites for hydroxylation is 2. The van der Waals surface area contributed by atoms with Crippen molar-refractivity contribution >= 4 is 17.6 Å². The Bertz CT molecular complexity index is 733. The van der Waals surface area contributed by atoms with Gasteiger partial charge in [-0.1, -0.05) is 23.7 Å². The van der Waals surface area contributed by atoms with E-state index < -0.39 is 5.82 Å². The number of carbonyl (C=O) groups is 1. The SMILES string of the molecule is Cc1nc2n(n1)CCC[C@@H]2NC(=O)NCc1cccc(Cl)c1F. The maximum atomic E-state index is 13.8. The van der Waals surface area contributed by atoms with Gasteiger partial charge in [0.05, 0.1) is 11.1 Å². The quantitative estimate of drug-likeness (QED) is 0.904. The second kappa shape index (κ2) is 6.54. The first-order valence-electron chi connectivity index (χ1n) is 7.43. The molecule has 1 aromatic heterocycles. The highest BCUT2D eigenvalue weighted by molar-refractivity contribution is 6.30. The molecule has 0 aliphatic carbocycles. The minimum absolute atomic E-state index is 0.0422. The molecule has 2 aromatic rings. The van der Waals surface area contributed by atoms with E-state index in [1.807, 2.05) is 11.6 Å². The summed E-state index contributed by atoms with van der Waals surface area (Å²) in [5.41, 5.74) is 0.343. The lowest BCUT2D eigenvalue weighted by molar-refractivity contribution is 0.232. The molecule has 1 aromatic carbocycles. The fourth-order valence-corrected chi connectivity index (χ4v) is 2.87. The molecule has 0 saturated heterocycles. The summed E-state index contributed by atoms with van der Waals surface area (Å²) < 4.78 is 15.6. The number of hydrogen-bond donors (Lipinski definition) is 2. The van der Waals surface area contributed by atoms with E-state index in [9.17, 15) is 9.18 Å². The molecule has 0 saturated carbocycles. The normalized spacial score (nSPS) is 16.7. The predicted octanol–water partition coefficient (Wildman–Crippen LogP) is 2.71. The summed E-state index contributed by atoms with van der Waals surface area (Å²) in [6.45, 7) is 2.70. The summed E-state index contributed by atoms with van der Waals surface area (Å²) in [5, 5.41) is 9.85. The average Bonchev–Trinajstić information content (AvgIpc) is 2.90. The van der Waals surface area contributed by atoms with Gasteiger partial charge in [-0.25, -0.2) is 18.9 Å². The second-order valence-electron chi connectivity index (χ2n) is 5.48. The number of aromatic nitrogens is 3. The van der Waals surface area contributed by atoms with Gasteiger partial charge in [-0.05, 0) is 25.8 Å². The van der Waals surface area contributed by atoms with Crippen molar-refractivity contribution in [1.29, 1.82) is 0 Å². The zero-order valence-electron chi connectivity index (χ0n) is 12.6. The highest BCUT2D eigenvalue weighted by Gasteiger charge is 2.25. The summed E-state index contributed by atoms with van der Waals surface area (Å²) in [7, 11) is 0. The molecular formula is C15H17ClFN5O. The van der Waals surface area contributed by atoms with E-state index in [1.54, 1.807) is 12.1 Å². The highest BCUT2D eigenvalue weighted by Crippen LogP contribution is 2.23. The van der Waals surface area contributed by atoms with Crippen LogP contribution in [0.2, 0.25) is 5.02 Å². The van der Waals surface area contributed by atoms with Crippen molar-refractivity contribution in [2.75, 3.05) is 0 Å². The molecule has 0 fully saturated rings. The third kappa shape index (κ3) is 3.44. The Morgan fingerprint density at radius 3 is 3.17 bits per heavy atom. The number of amides is 2. The Hall–Kier alpha value is -2.15. The van der Waals surface area contributed by atoms with Crippen molar-refractivity contribution in [3.05, 3.63) is 46.3 Å². The smallest absolute Gasteiger partial charge is 0.315 e. The molecule has 0 bridgehead atoms. The minimum Gasteiger partial charge on any atom is -0.334 e. The lowest BCUT2D eigenvalue weighted by atomic mass is 10.1. The molecule has 2 amide bonds. The molecule has 0 unspecified atom stereocenters. The summed E-state index contributed by atoms with van der Waals surface area (Å²) in [6, 6.07) is 4.14. The number of benzene rings is 1. The van der Waals surface area contributed by atoms with Gasteiger partial charge in [-0.3, -0.25) is 0 Å². The van der Waals surface area contributed by atoms with Crippen molar-refractivity contribution in [1.82, 2.24) is 25.4 Å². The number of urea groups is 1. The second-order valence-corrected chi connectivity index (χ2v) is 5.88. The topological polar surface area (TPSA) is 71.8 Å². The molecular weight excluding hydrogens is 321 g/mol. The zero-order chi connectivity index (χ0) is 16.4. The Kier molecular flexibility index (Phi) is 4.47. The third-order valence-electron chi connectivity index (χ3n) is 3.76. The Morgan fingerprint density at radius 1 is 1.52 bits per heavy atom. The van der Waals surface area contributed by atoms with Crippen LogP contribution in [0.3, 0.4) is 0 Å². The van der Waals surface area contributed by atoms with E-state index in [-0.39, 0.29) is 23.6 Å². The fourth-order valence-electron chi connectivity index (χ4n) is 2.67. The van der Waals surface area contributed by atoms with Gasteiger partial charge in [-0.15, -0.1) is 0 Å². The van der Waals surface area contributed by atoms with Crippen LogP contribution in [0.15, 0.2) is 18.2 Å². The van der Waals surface area contributed by atoms with E-state index >= 15 is 0 Å². The van der Waals surface area contributed by atoms with Gasteiger partial charge in [0.1, 0.15) is 17.5 Å². The van der Waals surface area contributed by atoms with Crippen molar-refractivity contribution < 1.29 is 9.18 Å². The molecule has 1 aliphatic rings. The van der Waals surface area contributed by atoms with Crippen LogP contribution < -0.4 is 10.6 Å². The van der Waals surface area contributed by atoms with Gasteiger partial charge in [0.2, 0.25) is 0 Å². The number of rotatable bonds is 3. The van der Waals surface area contributed by atoms with Crippen molar-refractivity contribution in [2.45, 2.75) is 38.9 Å². The lowest BCUT2D eigenvalue weighted by Gasteiger charge is -2.23. The van der Waals surface area contributed by atoms with Crippen LogP contribution >= 0.6 is 11.6 Å². The third-order valence-corrected chi connectivity index (χ3v) is 4.05. The molecule has 1 atom stereocenters. The van der Waals surface area contributed by atoms with Gasteiger partial charge in [0, 0.05) is 18.7 Å². The molecule has 3 rings (SSSR count). The van der Waals surface area contributed by atoms with Crippen LogP contribution in [-0.2, 0) is 13.1 Å². The van der Waals surface area contributed by atoms with Crippen molar-refractivity contribution in [2.24, 2.45) is 0 Å². The number of carbonyl (C=O) groups excluding carboxylic acids is 1. The zero-order valence-corrected chi connectivity index (χ0v) is 13.4. The van der Waals surface area contributed by atoms with Crippen molar-refractivity contribution in [3.63, 3.8) is 0 Å². The van der Waals surface area contributed by atoms with E-state index in [4.69, 9.17) is 11.6 Å². The van der Waals surface area contributed by atoms with Crippen molar-refractivity contribution in [3.8, 4) is 0 Å². The van der Waals surface area contributed by atoms with Gasteiger partial charge in [-0.2, -0.15) is 5.10 Å². The molecule has 8 heteroatoms. The maximum absolute atomic E-state index is 13.8. The minimum atomic E-state index is -0.512. The van der Waals surface area contributed by atoms with Crippen LogP contribution in [-0.4, -0.2) is 20.8 Å². The van der Waals surface area contributed by atoms with Gasteiger partial charge >= 0.3 is 6.03 Å². The number of fused-ring (bicyclic) bond motifs is 1. The standard InChI is InChI=1S/C15H17ClFN5O/c1-9-19-14-12(6-3-7-22(14)21-9)20-15(23)18-8-10-4-2-5-11(16)13(10)17/h2,4-5,12H,3,6-8H2,1H3,(H2,18,20,23)/t12-/m0/s1. The van der Waals surface area contributed by atoms with E-state index in [1.165, 1.54) is 6.07 Å². The Balaban J connectivity index is 1.61. The Labute approximate surface area is 138 Å². The van der Waals surface area contributed by atoms with Gasteiger partial charge in [0.25, 0.3) is 0 Å². The molecule has 2 heterocycles. The monoisotopic (exact) mass is 337 g/mol. The summed E-state index contributed by atoms with van der Waals surface area (Å²) in [4.78, 5) is 16.4. The highest BCUT2D eigenvalue weighted by atomic mass is 35.5. The fraction of sp³-hybridized carbons (Fsp3) is 0.400. The number of halogens is 2.